The summed E-state index contributed by atoms with van der Waals surface area (Å²) in [4.78, 5) is 17.4. The molecule has 0 spiro atoms. The normalized spacial score (nSPS) is 13.4. The zero-order chi connectivity index (χ0) is 23.0. The second kappa shape index (κ2) is 10.3. The van der Waals surface area contributed by atoms with Crippen LogP contribution in [0.2, 0.25) is 0 Å². The average molecular weight is 438 g/mol. The number of nitriles is 2. The third kappa shape index (κ3) is 5.66. The number of carbonyl (C=O) groups excluding carboxylic acids is 1. The van der Waals surface area contributed by atoms with Crippen molar-refractivity contribution in [1.29, 1.82) is 10.5 Å². The largest absolute Gasteiger partial charge is 0.439 e. The number of rotatable bonds is 6. The molecule has 164 valence electrons. The van der Waals surface area contributed by atoms with E-state index in [0.717, 1.165) is 25.7 Å². The molecule has 1 heterocycles. The summed E-state index contributed by atoms with van der Waals surface area (Å²) in [5.74, 6) is 1.06. The Hall–Kier alpha value is -4.36. The lowest BCUT2D eigenvalue weighted by atomic mass is 9.95. The summed E-state index contributed by atoms with van der Waals surface area (Å²) in [5, 5.41) is 21.1. The second-order valence-electron chi connectivity index (χ2n) is 7.79. The Labute approximate surface area is 192 Å². The van der Waals surface area contributed by atoms with Crippen LogP contribution in [0.1, 0.15) is 53.6 Å². The molecular formula is C26H22N4O3. The van der Waals surface area contributed by atoms with Gasteiger partial charge in [0, 0.05) is 12.1 Å². The van der Waals surface area contributed by atoms with E-state index in [0.29, 0.717) is 28.2 Å². The van der Waals surface area contributed by atoms with Gasteiger partial charge in [0.15, 0.2) is 0 Å². The van der Waals surface area contributed by atoms with Crippen LogP contribution < -0.4 is 14.8 Å². The van der Waals surface area contributed by atoms with E-state index in [1.807, 2.05) is 0 Å². The first kappa shape index (κ1) is 21.9. The molecule has 0 aliphatic heterocycles. The molecule has 1 fully saturated rings. The van der Waals surface area contributed by atoms with E-state index in [1.54, 1.807) is 60.7 Å². The fraction of sp³-hybridized carbons (Fsp3) is 0.231. The van der Waals surface area contributed by atoms with E-state index < -0.39 is 0 Å². The Balaban J connectivity index is 1.60. The van der Waals surface area contributed by atoms with E-state index in [4.69, 9.17) is 20.0 Å². The van der Waals surface area contributed by atoms with Crippen LogP contribution in [-0.4, -0.2) is 16.9 Å². The molecule has 1 N–H and O–H groups in total. The highest BCUT2D eigenvalue weighted by molar-refractivity contribution is 5.96. The maximum atomic E-state index is 13.0. The summed E-state index contributed by atoms with van der Waals surface area (Å²) in [5.41, 5.74) is 1.33. The summed E-state index contributed by atoms with van der Waals surface area (Å²) in [6.07, 6.45) is 5.34. The van der Waals surface area contributed by atoms with Crippen molar-refractivity contribution in [3.8, 4) is 35.4 Å². The van der Waals surface area contributed by atoms with Crippen molar-refractivity contribution < 1.29 is 14.3 Å². The predicted octanol–water partition coefficient (Wildman–Crippen LogP) is 5.47. The molecule has 1 aliphatic carbocycles. The number of amides is 1. The highest BCUT2D eigenvalue weighted by Crippen LogP contribution is 2.29. The van der Waals surface area contributed by atoms with Gasteiger partial charge in [0.2, 0.25) is 11.8 Å². The zero-order valence-electron chi connectivity index (χ0n) is 18.0. The van der Waals surface area contributed by atoms with Crippen molar-refractivity contribution >= 4 is 5.91 Å². The topological polar surface area (TPSA) is 108 Å². The smallest absolute Gasteiger partial charge is 0.257 e. The molecule has 1 amide bonds. The van der Waals surface area contributed by atoms with Crippen LogP contribution in [0.3, 0.4) is 0 Å². The SMILES string of the molecule is N#Cc1ccc(Oc2ccc(C(=O)NC3CCCCC3)c(Oc3ccc(C#N)cc3)n2)cc1. The molecule has 2 aromatic carbocycles. The monoisotopic (exact) mass is 438 g/mol. The van der Waals surface area contributed by atoms with Crippen molar-refractivity contribution in [3.05, 3.63) is 77.4 Å². The molecule has 1 saturated carbocycles. The van der Waals surface area contributed by atoms with E-state index in [1.165, 1.54) is 6.42 Å². The Morgan fingerprint density at radius 2 is 1.39 bits per heavy atom. The first-order valence-corrected chi connectivity index (χ1v) is 10.8. The van der Waals surface area contributed by atoms with Crippen molar-refractivity contribution in [3.63, 3.8) is 0 Å². The van der Waals surface area contributed by atoms with Gasteiger partial charge in [0.05, 0.1) is 23.3 Å². The van der Waals surface area contributed by atoms with Crippen molar-refractivity contribution in [2.24, 2.45) is 0 Å². The van der Waals surface area contributed by atoms with Gasteiger partial charge in [-0.1, -0.05) is 19.3 Å². The zero-order valence-corrected chi connectivity index (χ0v) is 18.0. The highest BCUT2D eigenvalue weighted by atomic mass is 16.5. The second-order valence-corrected chi connectivity index (χ2v) is 7.79. The highest BCUT2D eigenvalue weighted by Gasteiger charge is 2.21. The minimum atomic E-state index is -0.247. The molecule has 1 aliphatic rings. The van der Waals surface area contributed by atoms with Crippen LogP contribution >= 0.6 is 0 Å². The Morgan fingerprint density at radius 3 is 1.97 bits per heavy atom. The maximum Gasteiger partial charge on any atom is 0.257 e. The fourth-order valence-electron chi connectivity index (χ4n) is 3.67. The van der Waals surface area contributed by atoms with Gasteiger partial charge in [-0.2, -0.15) is 15.5 Å². The minimum absolute atomic E-state index is 0.110. The number of aromatic nitrogens is 1. The number of nitrogens with zero attached hydrogens (tertiary/aromatic N) is 3. The molecule has 0 unspecified atom stereocenters. The molecule has 3 aromatic rings. The third-order valence-electron chi connectivity index (χ3n) is 5.42. The lowest BCUT2D eigenvalue weighted by Gasteiger charge is -2.23. The van der Waals surface area contributed by atoms with Gasteiger partial charge in [0.25, 0.3) is 5.91 Å². The van der Waals surface area contributed by atoms with Gasteiger partial charge in [-0.05, 0) is 67.4 Å². The van der Waals surface area contributed by atoms with Crippen LogP contribution in [0.5, 0.6) is 23.3 Å². The Kier molecular flexibility index (Phi) is 6.82. The summed E-state index contributed by atoms with van der Waals surface area (Å²) in [6, 6.07) is 20.7. The van der Waals surface area contributed by atoms with Gasteiger partial charge < -0.3 is 14.8 Å². The Bertz CT molecular complexity index is 1200. The average Bonchev–Trinajstić information content (AvgIpc) is 2.86. The number of benzene rings is 2. The number of pyridine rings is 1. The molecule has 0 atom stereocenters. The summed E-state index contributed by atoms with van der Waals surface area (Å²) >= 11 is 0. The number of nitrogens with one attached hydrogen (secondary N) is 1. The lowest BCUT2D eigenvalue weighted by Crippen LogP contribution is -2.36. The minimum Gasteiger partial charge on any atom is -0.439 e. The van der Waals surface area contributed by atoms with Gasteiger partial charge >= 0.3 is 0 Å². The predicted molar refractivity (Wildman–Crippen MR) is 121 cm³/mol. The van der Waals surface area contributed by atoms with Crippen molar-refractivity contribution in [1.82, 2.24) is 10.3 Å². The van der Waals surface area contributed by atoms with Gasteiger partial charge in [-0.25, -0.2) is 0 Å². The van der Waals surface area contributed by atoms with Crippen LogP contribution in [0, 0.1) is 22.7 Å². The quantitative estimate of drug-likeness (QED) is 0.546. The van der Waals surface area contributed by atoms with E-state index >= 15 is 0 Å². The van der Waals surface area contributed by atoms with E-state index in [-0.39, 0.29) is 23.7 Å². The molecule has 0 saturated heterocycles. The van der Waals surface area contributed by atoms with Gasteiger partial charge in [-0.3, -0.25) is 4.79 Å². The molecule has 0 bridgehead atoms. The molecule has 7 nitrogen and oxygen atoms in total. The van der Waals surface area contributed by atoms with Gasteiger partial charge in [-0.15, -0.1) is 0 Å². The standard InChI is InChI=1S/C26H22N4O3/c27-16-18-6-10-21(11-7-18)32-24-15-14-23(25(31)29-20-4-2-1-3-5-20)26(30-24)33-22-12-8-19(17-28)9-13-22/h6-15,20H,1-5H2,(H,29,31). The molecule has 7 heteroatoms. The van der Waals surface area contributed by atoms with Crippen LogP contribution in [0.4, 0.5) is 0 Å². The number of hydrogen-bond acceptors (Lipinski definition) is 6. The summed E-state index contributed by atoms with van der Waals surface area (Å²) in [6.45, 7) is 0. The van der Waals surface area contributed by atoms with E-state index in [2.05, 4.69) is 22.4 Å². The van der Waals surface area contributed by atoms with E-state index in [9.17, 15) is 4.79 Å². The van der Waals surface area contributed by atoms with Crippen LogP contribution in [-0.2, 0) is 0 Å². The lowest BCUT2D eigenvalue weighted by molar-refractivity contribution is 0.0924. The third-order valence-corrected chi connectivity index (χ3v) is 5.42. The molecule has 1 aromatic heterocycles. The first-order valence-electron chi connectivity index (χ1n) is 10.8. The summed E-state index contributed by atoms with van der Waals surface area (Å²) in [7, 11) is 0. The number of ether oxygens (including phenoxy) is 2. The molecular weight excluding hydrogens is 416 g/mol. The van der Waals surface area contributed by atoms with Crippen LogP contribution in [0.25, 0.3) is 0 Å². The number of carbonyl (C=O) groups is 1. The van der Waals surface area contributed by atoms with Crippen molar-refractivity contribution in [2.75, 3.05) is 0 Å². The number of hydrogen-bond donors (Lipinski definition) is 1. The first-order chi connectivity index (χ1) is 16.1. The Morgan fingerprint density at radius 1 is 0.818 bits per heavy atom. The fourth-order valence-corrected chi connectivity index (χ4v) is 3.67. The molecule has 33 heavy (non-hydrogen) atoms. The molecule has 0 radical (unpaired) electrons. The van der Waals surface area contributed by atoms with Gasteiger partial charge in [0.1, 0.15) is 17.1 Å². The van der Waals surface area contributed by atoms with Crippen molar-refractivity contribution in [2.45, 2.75) is 38.1 Å². The van der Waals surface area contributed by atoms with Crippen LogP contribution in [0.15, 0.2) is 60.7 Å². The maximum absolute atomic E-state index is 13.0. The summed E-state index contributed by atoms with van der Waals surface area (Å²) < 4.78 is 11.7. The molecule has 4 rings (SSSR count).